The molecule has 21 heavy (non-hydrogen) atoms. The molecule has 2 aromatic heterocycles. The van der Waals surface area contributed by atoms with Crippen LogP contribution in [0.1, 0.15) is 15.9 Å². The van der Waals surface area contributed by atoms with Crippen LogP contribution in [0, 0.1) is 0 Å². The Bertz CT molecular complexity index is 782. The fourth-order valence-electron chi connectivity index (χ4n) is 2.15. The number of rotatable bonds is 4. The number of fused-ring (bicyclic) bond motifs is 1. The van der Waals surface area contributed by atoms with Gasteiger partial charge >= 0.3 is 0 Å². The van der Waals surface area contributed by atoms with Crippen LogP contribution in [0.2, 0.25) is 0 Å². The Hall–Kier alpha value is -2.75. The number of ether oxygens (including phenoxy) is 1. The Morgan fingerprint density at radius 2 is 1.95 bits per heavy atom. The fraction of sp³-hybridized carbons (Fsp3) is 0.118. The van der Waals surface area contributed by atoms with Gasteiger partial charge in [0, 0.05) is 35.8 Å². The largest absolute Gasteiger partial charge is 0.481 e. The first kappa shape index (κ1) is 13.2. The van der Waals surface area contributed by atoms with Crippen LogP contribution in [0.5, 0.6) is 5.88 Å². The number of carbonyl (C=O) groups is 1. The fourth-order valence-corrected chi connectivity index (χ4v) is 2.15. The van der Waals surface area contributed by atoms with Crippen LogP contribution >= 0.6 is 0 Å². The summed E-state index contributed by atoms with van der Waals surface area (Å²) in [5.41, 5.74) is 2.36. The lowest BCUT2D eigenvalue weighted by Crippen LogP contribution is -2.04. The van der Waals surface area contributed by atoms with Crippen LogP contribution in [-0.4, -0.2) is 22.9 Å². The van der Waals surface area contributed by atoms with E-state index >= 15 is 0 Å². The molecule has 3 rings (SSSR count). The molecule has 4 nitrogen and oxygen atoms in total. The number of carbonyl (C=O) groups excluding carboxylic acids is 1. The Labute approximate surface area is 122 Å². The van der Waals surface area contributed by atoms with Crippen LogP contribution < -0.4 is 4.74 Å². The molecule has 0 bridgehead atoms. The van der Waals surface area contributed by atoms with E-state index < -0.39 is 0 Å². The molecule has 0 fully saturated rings. The quantitative estimate of drug-likeness (QED) is 0.688. The van der Waals surface area contributed by atoms with Crippen LogP contribution in [0.25, 0.3) is 10.9 Å². The summed E-state index contributed by atoms with van der Waals surface area (Å²) in [6.45, 7) is 0. The smallest absolute Gasteiger partial charge is 0.212 e. The third kappa shape index (κ3) is 2.89. The molecule has 0 amide bonds. The average Bonchev–Trinajstić information content (AvgIpc) is 2.55. The van der Waals surface area contributed by atoms with Crippen molar-refractivity contribution in [3.05, 3.63) is 66.0 Å². The van der Waals surface area contributed by atoms with Gasteiger partial charge in [-0.1, -0.05) is 24.3 Å². The Morgan fingerprint density at radius 3 is 2.71 bits per heavy atom. The van der Waals surface area contributed by atoms with Crippen molar-refractivity contribution >= 4 is 16.7 Å². The predicted molar refractivity (Wildman–Crippen MR) is 80.6 cm³/mol. The van der Waals surface area contributed by atoms with Gasteiger partial charge in [0.1, 0.15) is 0 Å². The lowest BCUT2D eigenvalue weighted by Gasteiger charge is -2.04. The third-order valence-corrected chi connectivity index (χ3v) is 3.28. The van der Waals surface area contributed by atoms with E-state index in [-0.39, 0.29) is 5.78 Å². The van der Waals surface area contributed by atoms with Gasteiger partial charge in [-0.05, 0) is 17.7 Å². The summed E-state index contributed by atoms with van der Waals surface area (Å²) >= 11 is 0. The zero-order valence-electron chi connectivity index (χ0n) is 11.6. The van der Waals surface area contributed by atoms with Gasteiger partial charge in [0.2, 0.25) is 5.88 Å². The number of pyridine rings is 2. The van der Waals surface area contributed by atoms with E-state index in [0.717, 1.165) is 16.5 Å². The predicted octanol–water partition coefficient (Wildman–Crippen LogP) is 3.06. The standard InChI is InChI=1S/C17H14N2O2/c1-21-17-7-6-12(10-19-17)8-16(20)14-9-13-4-2-3-5-15(13)18-11-14/h2-7,9-11H,8H2,1H3. The van der Waals surface area contributed by atoms with Gasteiger partial charge in [-0.2, -0.15) is 0 Å². The molecule has 0 aliphatic carbocycles. The minimum absolute atomic E-state index is 0.0280. The highest BCUT2D eigenvalue weighted by Gasteiger charge is 2.09. The van der Waals surface area contributed by atoms with Gasteiger partial charge in [-0.25, -0.2) is 4.98 Å². The Morgan fingerprint density at radius 1 is 1.10 bits per heavy atom. The summed E-state index contributed by atoms with van der Waals surface area (Å²) < 4.78 is 5.00. The molecule has 0 aliphatic rings. The summed E-state index contributed by atoms with van der Waals surface area (Å²) in [7, 11) is 1.56. The molecule has 3 aromatic rings. The molecule has 2 heterocycles. The number of Topliss-reactive ketones (excluding diaryl/α,β-unsaturated/α-hetero) is 1. The van der Waals surface area contributed by atoms with Crippen LogP contribution in [0.3, 0.4) is 0 Å². The number of hydrogen-bond donors (Lipinski definition) is 0. The summed E-state index contributed by atoms with van der Waals surface area (Å²) in [4.78, 5) is 20.7. The van der Waals surface area contributed by atoms with Gasteiger partial charge in [0.05, 0.1) is 12.6 Å². The normalized spacial score (nSPS) is 10.5. The van der Waals surface area contributed by atoms with Crippen molar-refractivity contribution < 1.29 is 9.53 Å². The zero-order chi connectivity index (χ0) is 14.7. The van der Waals surface area contributed by atoms with Crippen molar-refractivity contribution in [2.24, 2.45) is 0 Å². The maximum absolute atomic E-state index is 12.3. The zero-order valence-corrected chi connectivity index (χ0v) is 11.6. The monoisotopic (exact) mass is 278 g/mol. The molecular weight excluding hydrogens is 264 g/mol. The molecule has 0 spiro atoms. The van der Waals surface area contributed by atoms with Gasteiger partial charge in [-0.3, -0.25) is 9.78 Å². The number of aromatic nitrogens is 2. The molecule has 0 atom stereocenters. The van der Waals surface area contributed by atoms with Crippen molar-refractivity contribution in [2.45, 2.75) is 6.42 Å². The molecule has 0 radical (unpaired) electrons. The lowest BCUT2D eigenvalue weighted by molar-refractivity contribution is 0.0992. The van der Waals surface area contributed by atoms with Crippen molar-refractivity contribution in [1.82, 2.24) is 9.97 Å². The summed E-state index contributed by atoms with van der Waals surface area (Å²) in [5, 5.41) is 0.969. The van der Waals surface area contributed by atoms with Crippen molar-refractivity contribution in [3.63, 3.8) is 0 Å². The highest BCUT2D eigenvalue weighted by Crippen LogP contribution is 2.15. The molecular formula is C17H14N2O2. The second-order valence-corrected chi connectivity index (χ2v) is 4.73. The van der Waals surface area contributed by atoms with Gasteiger partial charge in [-0.15, -0.1) is 0 Å². The van der Waals surface area contributed by atoms with Gasteiger partial charge in [0.25, 0.3) is 0 Å². The second-order valence-electron chi connectivity index (χ2n) is 4.73. The SMILES string of the molecule is COc1ccc(CC(=O)c2cnc3ccccc3c2)cn1. The molecule has 0 saturated heterocycles. The van der Waals surface area contributed by atoms with Crippen molar-refractivity contribution in [1.29, 1.82) is 0 Å². The van der Waals surface area contributed by atoms with Crippen LogP contribution in [0.15, 0.2) is 54.9 Å². The molecule has 0 saturated carbocycles. The maximum Gasteiger partial charge on any atom is 0.212 e. The first-order valence-electron chi connectivity index (χ1n) is 6.63. The highest BCUT2D eigenvalue weighted by molar-refractivity contribution is 5.99. The number of methoxy groups -OCH3 is 1. The topological polar surface area (TPSA) is 52.1 Å². The molecule has 104 valence electrons. The minimum Gasteiger partial charge on any atom is -0.481 e. The van der Waals surface area contributed by atoms with Gasteiger partial charge < -0.3 is 4.74 Å². The molecule has 1 aromatic carbocycles. The summed E-state index contributed by atoms with van der Waals surface area (Å²) in [5.74, 6) is 0.568. The maximum atomic E-state index is 12.3. The number of nitrogens with zero attached hydrogens (tertiary/aromatic N) is 2. The van der Waals surface area contributed by atoms with E-state index in [0.29, 0.717) is 17.9 Å². The number of para-hydroxylation sites is 1. The van der Waals surface area contributed by atoms with Crippen molar-refractivity contribution in [3.8, 4) is 5.88 Å². The van der Waals surface area contributed by atoms with E-state index in [1.54, 1.807) is 25.6 Å². The van der Waals surface area contributed by atoms with E-state index in [2.05, 4.69) is 9.97 Å². The molecule has 4 heteroatoms. The average molecular weight is 278 g/mol. The Balaban J connectivity index is 1.82. The second kappa shape index (κ2) is 5.71. The number of benzene rings is 1. The van der Waals surface area contributed by atoms with Crippen molar-refractivity contribution in [2.75, 3.05) is 7.11 Å². The summed E-state index contributed by atoms with van der Waals surface area (Å²) in [6, 6.07) is 13.2. The minimum atomic E-state index is 0.0280. The van der Waals surface area contributed by atoms with Gasteiger partial charge in [0.15, 0.2) is 5.78 Å². The van der Waals surface area contributed by atoms with E-state index in [4.69, 9.17) is 4.74 Å². The van der Waals surface area contributed by atoms with E-state index in [1.165, 1.54) is 0 Å². The van der Waals surface area contributed by atoms with E-state index in [9.17, 15) is 4.79 Å². The number of ketones is 1. The third-order valence-electron chi connectivity index (χ3n) is 3.28. The van der Waals surface area contributed by atoms with Crippen LogP contribution in [-0.2, 0) is 6.42 Å². The summed E-state index contributed by atoms with van der Waals surface area (Å²) in [6.07, 6.45) is 3.59. The highest BCUT2D eigenvalue weighted by atomic mass is 16.5. The molecule has 0 N–H and O–H groups in total. The first-order chi connectivity index (χ1) is 10.3. The first-order valence-corrected chi connectivity index (χ1v) is 6.63. The van der Waals surface area contributed by atoms with E-state index in [1.807, 2.05) is 36.4 Å². The Kier molecular flexibility index (Phi) is 3.60. The lowest BCUT2D eigenvalue weighted by atomic mass is 10.0. The molecule has 0 aliphatic heterocycles. The number of hydrogen-bond acceptors (Lipinski definition) is 4. The van der Waals surface area contributed by atoms with Crippen LogP contribution in [0.4, 0.5) is 0 Å². The molecule has 0 unspecified atom stereocenters.